The molecule has 9 nitrogen and oxygen atoms in total. The van der Waals surface area contributed by atoms with E-state index in [1.165, 1.54) is 0 Å². The molecule has 2 amide bonds. The summed E-state index contributed by atoms with van der Waals surface area (Å²) in [6.45, 7) is 6.06. The number of carbonyl (C=O) groups excluding carboxylic acids is 2. The second kappa shape index (κ2) is 13.9. The van der Waals surface area contributed by atoms with Crippen molar-refractivity contribution in [3.63, 3.8) is 0 Å². The number of aliphatic hydroxyl groups is 1. The van der Waals surface area contributed by atoms with Crippen LogP contribution < -0.4 is 14.4 Å². The van der Waals surface area contributed by atoms with Crippen LogP contribution in [0.1, 0.15) is 40.9 Å². The highest BCUT2D eigenvalue weighted by atomic mass is 28.4. The maximum absolute atomic E-state index is 14.1. The molecule has 2 N–H and O–H groups in total. The fraction of sp³-hybridized carbons (Fsp3) is 0.316. The first-order chi connectivity index (χ1) is 23.1. The fourth-order valence-electron chi connectivity index (χ4n) is 6.87. The van der Waals surface area contributed by atoms with Gasteiger partial charge in [0.1, 0.15) is 17.6 Å². The van der Waals surface area contributed by atoms with Crippen LogP contribution in [0, 0.1) is 5.92 Å². The first-order valence-electron chi connectivity index (χ1n) is 16.3. The molecule has 4 aromatic carbocycles. The number of aliphatic hydroxyl groups excluding tert-OH is 1. The minimum Gasteiger partial charge on any atom is -0.490 e. The van der Waals surface area contributed by atoms with Gasteiger partial charge in [0, 0.05) is 43.6 Å². The Hall–Kier alpha value is -4.48. The molecule has 250 valence electrons. The summed E-state index contributed by atoms with van der Waals surface area (Å²) in [5.74, 6) is 1.01. The van der Waals surface area contributed by atoms with Crippen LogP contribution in [0.5, 0.6) is 17.2 Å². The van der Waals surface area contributed by atoms with Crippen LogP contribution in [0.2, 0.25) is 18.6 Å². The molecule has 10 heteroatoms. The zero-order chi connectivity index (χ0) is 34.0. The van der Waals surface area contributed by atoms with Crippen molar-refractivity contribution in [2.45, 2.75) is 50.7 Å². The quantitative estimate of drug-likeness (QED) is 0.179. The van der Waals surface area contributed by atoms with Gasteiger partial charge < -0.3 is 29.0 Å². The molecule has 1 unspecified atom stereocenters. The number of rotatable bonds is 10. The lowest BCUT2D eigenvalue weighted by atomic mass is 9.86. The first kappa shape index (κ1) is 33.4. The number of amides is 2. The molecule has 0 aromatic heterocycles. The van der Waals surface area contributed by atoms with Crippen molar-refractivity contribution in [1.82, 2.24) is 4.90 Å². The second-order valence-corrected chi connectivity index (χ2v) is 17.1. The van der Waals surface area contributed by atoms with Crippen LogP contribution in [0.25, 0.3) is 0 Å². The van der Waals surface area contributed by atoms with Gasteiger partial charge in [0.25, 0.3) is 5.91 Å². The van der Waals surface area contributed by atoms with Crippen LogP contribution in [-0.2, 0) is 16.1 Å². The number of nitrogens with zero attached hydrogens (tertiary/aromatic N) is 2. The molecule has 2 aliphatic rings. The lowest BCUT2D eigenvalue weighted by molar-refractivity contribution is -0.133. The normalized spacial score (nSPS) is 19.2. The van der Waals surface area contributed by atoms with E-state index in [4.69, 9.17) is 14.2 Å². The maximum Gasteiger partial charge on any atom is 0.266 e. The Bertz CT molecular complexity index is 1780. The van der Waals surface area contributed by atoms with Crippen molar-refractivity contribution >= 4 is 31.5 Å². The summed E-state index contributed by atoms with van der Waals surface area (Å²) in [5, 5.41) is 9.77. The summed E-state index contributed by atoms with van der Waals surface area (Å²) in [6.07, 6.45) is -0.885. The van der Waals surface area contributed by atoms with Gasteiger partial charge in [0.15, 0.2) is 14.1 Å². The topological polar surface area (TPSA) is 109 Å². The molecule has 48 heavy (non-hydrogen) atoms. The molecule has 0 bridgehead atoms. The van der Waals surface area contributed by atoms with Gasteiger partial charge in [-0.05, 0) is 61.1 Å². The molecule has 0 saturated carbocycles. The van der Waals surface area contributed by atoms with E-state index in [-0.39, 0.29) is 37.3 Å². The number of ether oxygens (including phenoxy) is 3. The lowest BCUT2D eigenvalue weighted by Gasteiger charge is -2.44. The Balaban J connectivity index is 1.33. The smallest absolute Gasteiger partial charge is 0.266 e. The van der Waals surface area contributed by atoms with E-state index < -0.39 is 26.1 Å². The average molecular weight is 667 g/mol. The van der Waals surface area contributed by atoms with Crippen molar-refractivity contribution in [3.05, 3.63) is 114 Å². The molecule has 0 saturated heterocycles. The second-order valence-electron chi connectivity index (χ2n) is 13.0. The summed E-state index contributed by atoms with van der Waals surface area (Å²) < 4.78 is 19.0. The number of carbonyl (C=O) groups is 2. The maximum atomic E-state index is 14.1. The summed E-state index contributed by atoms with van der Waals surface area (Å²) in [5.41, 5.74) is 2.97. The summed E-state index contributed by atoms with van der Waals surface area (Å²) in [6, 6.07) is 29.9. The third kappa shape index (κ3) is 6.61. The SMILES string of the molecule is CO[C@H]1c2cc(N3C(=O)c4ccccc4Oc4ccccc43)ccc2O[C@@H](C(CC(=O)N(CCO)Cc2ccccc2)[Si](C)(C)O)[C@@H]1C. The Morgan fingerprint density at radius 1 is 0.958 bits per heavy atom. The lowest BCUT2D eigenvalue weighted by Crippen LogP contribution is -2.50. The van der Waals surface area contributed by atoms with E-state index in [0.717, 1.165) is 11.1 Å². The number of benzene rings is 4. The molecule has 2 aliphatic heterocycles. The number of anilines is 2. The predicted molar refractivity (Wildman–Crippen MR) is 186 cm³/mol. The van der Waals surface area contributed by atoms with E-state index in [2.05, 4.69) is 0 Å². The molecule has 0 radical (unpaired) electrons. The molecule has 4 aromatic rings. The Kier molecular flexibility index (Phi) is 9.70. The van der Waals surface area contributed by atoms with Crippen molar-refractivity contribution in [3.8, 4) is 17.2 Å². The minimum atomic E-state index is -2.99. The third-order valence-corrected chi connectivity index (χ3v) is 11.7. The molecule has 2 heterocycles. The Labute approximate surface area is 282 Å². The third-order valence-electron chi connectivity index (χ3n) is 9.35. The van der Waals surface area contributed by atoms with Gasteiger partial charge in [0.05, 0.1) is 29.6 Å². The van der Waals surface area contributed by atoms with Crippen molar-refractivity contribution in [2.24, 2.45) is 5.92 Å². The molecule has 0 fully saturated rings. The molecule has 6 rings (SSSR count). The van der Waals surface area contributed by atoms with E-state index in [1.807, 2.05) is 105 Å². The summed E-state index contributed by atoms with van der Waals surface area (Å²) in [7, 11) is -1.35. The largest absolute Gasteiger partial charge is 0.490 e. The predicted octanol–water partition coefficient (Wildman–Crippen LogP) is 6.83. The van der Waals surface area contributed by atoms with E-state index >= 15 is 0 Å². The highest BCUT2D eigenvalue weighted by molar-refractivity contribution is 6.71. The summed E-state index contributed by atoms with van der Waals surface area (Å²) in [4.78, 5) is 42.7. The molecular weight excluding hydrogens is 625 g/mol. The van der Waals surface area contributed by atoms with Crippen LogP contribution >= 0.6 is 0 Å². The molecule has 4 atom stereocenters. The number of hydrogen-bond donors (Lipinski definition) is 2. The highest BCUT2D eigenvalue weighted by Crippen LogP contribution is 2.49. The van der Waals surface area contributed by atoms with Gasteiger partial charge >= 0.3 is 0 Å². The van der Waals surface area contributed by atoms with Crippen LogP contribution in [0.3, 0.4) is 0 Å². The first-order valence-corrected chi connectivity index (χ1v) is 19.3. The van der Waals surface area contributed by atoms with Gasteiger partial charge in [-0.25, -0.2) is 0 Å². The zero-order valence-electron chi connectivity index (χ0n) is 27.7. The molecule has 0 aliphatic carbocycles. The standard InChI is InChI=1S/C38H42N2O7Si/c1-25-36(45-2)29-22-27(40-30-15-9-11-17-33(30)46-31-16-10-8-14-28(31)38(40)43)18-19-32(29)47-37(25)34(48(3,4)44)23-35(42)39(20-21-41)24-26-12-6-5-7-13-26/h5-19,22,25,34,36-37,41,44H,20-21,23-24H2,1-4H3/t25-,34?,36-,37-/m1/s1. The molecular formula is C38H42N2O7Si. The van der Waals surface area contributed by atoms with Gasteiger partial charge in [-0.15, -0.1) is 0 Å². The van der Waals surface area contributed by atoms with Gasteiger partial charge in [-0.2, -0.15) is 0 Å². The average Bonchev–Trinajstić information content (AvgIpc) is 3.20. The van der Waals surface area contributed by atoms with E-state index in [0.29, 0.717) is 40.7 Å². The monoisotopic (exact) mass is 666 g/mol. The fourth-order valence-corrected chi connectivity index (χ4v) is 8.72. The highest BCUT2D eigenvalue weighted by Gasteiger charge is 2.47. The van der Waals surface area contributed by atoms with E-state index in [9.17, 15) is 19.5 Å². The molecule has 0 spiro atoms. The van der Waals surface area contributed by atoms with Crippen molar-refractivity contribution < 1.29 is 33.7 Å². The minimum absolute atomic E-state index is 0.0693. The van der Waals surface area contributed by atoms with Crippen LogP contribution in [-0.4, -0.2) is 61.3 Å². The number of hydrogen-bond acceptors (Lipinski definition) is 7. The number of para-hydroxylation sites is 3. The summed E-state index contributed by atoms with van der Waals surface area (Å²) >= 11 is 0. The van der Waals surface area contributed by atoms with Crippen LogP contribution in [0.4, 0.5) is 11.4 Å². The Morgan fingerprint density at radius 2 is 1.65 bits per heavy atom. The van der Waals surface area contributed by atoms with Crippen molar-refractivity contribution in [2.75, 3.05) is 25.2 Å². The van der Waals surface area contributed by atoms with Crippen molar-refractivity contribution in [1.29, 1.82) is 0 Å². The Morgan fingerprint density at radius 3 is 2.35 bits per heavy atom. The number of fused-ring (bicyclic) bond motifs is 3. The zero-order valence-corrected chi connectivity index (χ0v) is 28.7. The van der Waals surface area contributed by atoms with Gasteiger partial charge in [-0.1, -0.05) is 61.5 Å². The van der Waals surface area contributed by atoms with Crippen LogP contribution in [0.15, 0.2) is 97.1 Å². The van der Waals surface area contributed by atoms with Gasteiger partial charge in [-0.3, -0.25) is 14.5 Å². The number of methoxy groups -OCH3 is 1. The van der Waals surface area contributed by atoms with E-state index in [1.54, 1.807) is 29.0 Å². The van der Waals surface area contributed by atoms with Gasteiger partial charge in [0.2, 0.25) is 5.91 Å².